The number of rotatable bonds is 5. The van der Waals surface area contributed by atoms with E-state index >= 15 is 4.39 Å². The number of piperazine rings is 1. The predicted molar refractivity (Wildman–Crippen MR) is 223 cm³/mol. The summed E-state index contributed by atoms with van der Waals surface area (Å²) in [5, 5.41) is 11.7. The average molecular weight is 831 g/mol. The lowest BCUT2D eigenvalue weighted by Crippen LogP contribution is -2.69. The van der Waals surface area contributed by atoms with E-state index in [1.807, 2.05) is 47.7 Å². The Bertz CT molecular complexity index is 2790. The molecular formula is C41H40F2N14O2S. The number of likely N-dealkylation sites (N-methyl/N-ethyl adjacent to an activating group) is 1. The van der Waals surface area contributed by atoms with Crippen LogP contribution >= 0.6 is 11.3 Å². The number of carbonyl (C=O) groups excluding carboxylic acids is 1. The van der Waals surface area contributed by atoms with Crippen molar-refractivity contribution in [1.29, 1.82) is 0 Å². The minimum Gasteiger partial charge on any atom is -0.378 e. The van der Waals surface area contributed by atoms with Crippen LogP contribution in [0.4, 0.5) is 31.5 Å². The first kappa shape index (κ1) is 36.7. The van der Waals surface area contributed by atoms with Gasteiger partial charge in [-0.2, -0.15) is 15.1 Å². The number of aryl methyl sites for hydroxylation is 1. The van der Waals surface area contributed by atoms with E-state index in [4.69, 9.17) is 24.7 Å². The minimum absolute atomic E-state index is 0.0508. The predicted octanol–water partition coefficient (Wildman–Crippen LogP) is 4.68. The number of hydrogen-bond donors (Lipinski definition) is 1. The number of nitrogens with zero attached hydrogens (tertiary/aromatic N) is 13. The van der Waals surface area contributed by atoms with Crippen LogP contribution in [0.15, 0.2) is 66.4 Å². The number of amides is 1. The molecule has 4 fully saturated rings. The molecule has 5 aliphatic rings. The van der Waals surface area contributed by atoms with Crippen LogP contribution in [0.5, 0.6) is 0 Å². The number of nitrogens with one attached hydrogen (secondary N) is 1. The third kappa shape index (κ3) is 6.00. The summed E-state index contributed by atoms with van der Waals surface area (Å²) in [6, 6.07) is 10.5. The van der Waals surface area contributed by atoms with Crippen molar-refractivity contribution in [3.63, 3.8) is 0 Å². The fourth-order valence-corrected chi connectivity index (χ4v) is 10.1. The zero-order valence-corrected chi connectivity index (χ0v) is 33.8. The van der Waals surface area contributed by atoms with Crippen molar-refractivity contribution >= 4 is 62.2 Å². The molecule has 5 atom stereocenters. The van der Waals surface area contributed by atoms with Gasteiger partial charge in [0.25, 0.3) is 0 Å². The van der Waals surface area contributed by atoms with Crippen LogP contribution in [0.2, 0.25) is 0 Å². The Labute approximate surface area is 346 Å². The third-order valence-corrected chi connectivity index (χ3v) is 13.1. The van der Waals surface area contributed by atoms with Crippen LogP contribution in [-0.2, 0) is 16.1 Å². The molecule has 6 aromatic heterocycles. The van der Waals surface area contributed by atoms with E-state index in [9.17, 15) is 9.18 Å². The number of benzene rings is 1. The molecule has 11 heterocycles. The number of carbonyl (C=O) groups is 1. The summed E-state index contributed by atoms with van der Waals surface area (Å²) in [5.41, 5.74) is 3.51. The van der Waals surface area contributed by atoms with Crippen molar-refractivity contribution < 1.29 is 18.3 Å². The lowest BCUT2D eigenvalue weighted by Gasteiger charge is -2.56. The van der Waals surface area contributed by atoms with Gasteiger partial charge in [-0.15, -0.1) is 11.3 Å². The molecule has 0 radical (unpaired) electrons. The summed E-state index contributed by atoms with van der Waals surface area (Å²) in [4.78, 5) is 52.5. The van der Waals surface area contributed by atoms with E-state index in [0.717, 1.165) is 53.3 Å². The van der Waals surface area contributed by atoms with Gasteiger partial charge in [-0.3, -0.25) is 4.79 Å². The number of ether oxygens (including phenoxy) is 1. The molecule has 5 aliphatic heterocycles. The Kier molecular flexibility index (Phi) is 8.66. The summed E-state index contributed by atoms with van der Waals surface area (Å²) in [5.74, 6) is 0.814. The van der Waals surface area contributed by atoms with E-state index in [0.29, 0.717) is 60.3 Å². The number of anilines is 4. The third-order valence-electron chi connectivity index (χ3n) is 12.3. The fraction of sp³-hybridized carbons (Fsp3) is 0.366. The average Bonchev–Trinajstić information content (AvgIpc) is 4.07. The molecule has 0 saturated carbocycles. The molecule has 1 N–H and O–H groups in total. The molecule has 7 aromatic rings. The molecule has 2 unspecified atom stereocenters. The zero-order valence-electron chi connectivity index (χ0n) is 33.0. The maximum Gasteiger partial charge on any atom is 0.245 e. The van der Waals surface area contributed by atoms with Gasteiger partial charge in [0.1, 0.15) is 35.0 Å². The number of aromatic nitrogens is 9. The summed E-state index contributed by atoms with van der Waals surface area (Å²) in [6.07, 6.45) is 6.18. The van der Waals surface area contributed by atoms with Gasteiger partial charge in [0, 0.05) is 75.8 Å². The van der Waals surface area contributed by atoms with E-state index in [-0.39, 0.29) is 35.8 Å². The molecular weight excluding hydrogens is 791 g/mol. The first-order chi connectivity index (χ1) is 29.2. The van der Waals surface area contributed by atoms with Gasteiger partial charge >= 0.3 is 0 Å². The highest BCUT2D eigenvalue weighted by atomic mass is 32.1. The van der Waals surface area contributed by atoms with Gasteiger partial charge in [0.05, 0.1) is 47.5 Å². The summed E-state index contributed by atoms with van der Waals surface area (Å²) in [6.45, 7) is 4.55. The molecule has 1 aromatic carbocycles. The second kappa shape index (κ2) is 14.1. The highest BCUT2D eigenvalue weighted by Gasteiger charge is 2.48. The zero-order chi connectivity index (χ0) is 40.8. The van der Waals surface area contributed by atoms with Gasteiger partial charge in [0.2, 0.25) is 11.9 Å². The first-order valence-electron chi connectivity index (χ1n) is 19.9. The monoisotopic (exact) mass is 830 g/mol. The lowest BCUT2D eigenvalue weighted by atomic mass is 9.88. The number of thiazole rings is 1. The molecule has 1 amide bonds. The number of piperidine rings is 1. The quantitative estimate of drug-likeness (QED) is 0.256. The van der Waals surface area contributed by atoms with E-state index in [1.54, 1.807) is 42.8 Å². The van der Waals surface area contributed by atoms with Crippen molar-refractivity contribution in [3.05, 3.63) is 83.9 Å². The molecule has 19 heteroatoms. The van der Waals surface area contributed by atoms with Crippen LogP contribution < -0.4 is 20.0 Å². The van der Waals surface area contributed by atoms with E-state index in [2.05, 4.69) is 34.8 Å². The van der Waals surface area contributed by atoms with Crippen molar-refractivity contribution in [3.8, 4) is 16.9 Å². The Morgan fingerprint density at radius 3 is 2.60 bits per heavy atom. The highest BCUT2D eigenvalue weighted by molar-refractivity contribution is 7.13. The Hall–Kier alpha value is -6.34. The van der Waals surface area contributed by atoms with E-state index in [1.165, 1.54) is 16.8 Å². The second-order valence-corrected chi connectivity index (χ2v) is 16.8. The maximum atomic E-state index is 15.5. The number of fused-ring (bicyclic) bond motifs is 8. The summed E-state index contributed by atoms with van der Waals surface area (Å²) in [7, 11) is 3.45. The Balaban J connectivity index is 1.02. The van der Waals surface area contributed by atoms with Crippen molar-refractivity contribution in [2.24, 2.45) is 0 Å². The second-order valence-electron chi connectivity index (χ2n) is 15.9. The van der Waals surface area contributed by atoms with Crippen molar-refractivity contribution in [2.75, 3.05) is 60.4 Å². The van der Waals surface area contributed by atoms with Gasteiger partial charge < -0.3 is 34.2 Å². The largest absolute Gasteiger partial charge is 0.378 e. The maximum absolute atomic E-state index is 15.5. The standard InChI is InChI=1S/C41H40F2N14O2S/c1-22-47-36-35-28(9-10-44-36)31-5-4-6-34(49-31)48-24-14-33(39(58)52(2)20-27(59-3)21-54(22)35)55(17-24)37-29-16-46-57(32-8-7-23(42)13-30(32)43)38(29)51-40(50-37)56-25-15-26(56)19-53(18-25)41-45-11-12-60-41/h4-13,16,24-27,33H,14-15,17-21H2,1-3H3,(H,48,49)/t24-,25?,26?,27-,33-/m0/s1. The molecule has 16 nitrogen and oxygen atoms in total. The SMILES string of the molecule is CO[C@H]1CN(C)C(=O)[C@@H]2C[C@@H](CN2c2nc(N3C4CC3CN(c3nccs3)C4)nc3c2cnn3-c2ccc(F)cc2F)Nc2cccc(n2)-c2ccnc3nc(C)n(c23)C1. The molecule has 60 heavy (non-hydrogen) atoms. The highest BCUT2D eigenvalue weighted by Crippen LogP contribution is 2.41. The van der Waals surface area contributed by atoms with Crippen LogP contribution in [0.1, 0.15) is 18.7 Å². The number of pyridine rings is 2. The molecule has 0 aliphatic carbocycles. The van der Waals surface area contributed by atoms with E-state index < -0.39 is 17.7 Å². The van der Waals surface area contributed by atoms with Gasteiger partial charge in [0.15, 0.2) is 22.2 Å². The van der Waals surface area contributed by atoms with Crippen LogP contribution in [0.25, 0.3) is 39.1 Å². The number of hydrogen-bond acceptors (Lipinski definition) is 14. The van der Waals surface area contributed by atoms with Gasteiger partial charge in [-0.05, 0) is 50.1 Å². The number of imidazole rings is 1. The number of methoxy groups -OCH3 is 1. The Morgan fingerprint density at radius 2 is 1.80 bits per heavy atom. The molecule has 12 rings (SSSR count). The van der Waals surface area contributed by atoms with Gasteiger partial charge in [-0.25, -0.2) is 33.4 Å². The van der Waals surface area contributed by atoms with Crippen LogP contribution in [0, 0.1) is 18.6 Å². The van der Waals surface area contributed by atoms with Crippen LogP contribution in [0.3, 0.4) is 0 Å². The minimum atomic E-state index is -0.775. The van der Waals surface area contributed by atoms with Crippen molar-refractivity contribution in [1.82, 2.24) is 49.2 Å². The van der Waals surface area contributed by atoms with Crippen molar-refractivity contribution in [2.45, 2.75) is 56.6 Å². The topological polar surface area (TPSA) is 151 Å². The summed E-state index contributed by atoms with van der Waals surface area (Å²) >= 11 is 1.61. The normalized spacial score (nSPS) is 22.9. The summed E-state index contributed by atoms with van der Waals surface area (Å²) < 4.78 is 39.1. The Morgan fingerprint density at radius 1 is 0.933 bits per heavy atom. The first-order valence-corrected chi connectivity index (χ1v) is 20.8. The fourth-order valence-electron chi connectivity index (χ4n) is 9.45. The molecule has 4 saturated heterocycles. The number of halogens is 2. The molecule has 6 bridgehead atoms. The van der Waals surface area contributed by atoms with Crippen LogP contribution in [-0.4, -0.2) is 126 Å². The molecule has 306 valence electrons. The smallest absolute Gasteiger partial charge is 0.245 e. The van der Waals surface area contributed by atoms with Gasteiger partial charge in [-0.1, -0.05) is 6.07 Å². The lowest BCUT2D eigenvalue weighted by molar-refractivity contribution is -0.132. The molecule has 0 spiro atoms.